The SMILES string of the molecule is Cc1cccc(OC2CN(C(=O)Nc3c(F)cccc3F)C2)n1. The van der Waals surface area contributed by atoms with Gasteiger partial charge in [-0.1, -0.05) is 12.1 Å². The van der Waals surface area contributed by atoms with Crippen molar-refractivity contribution < 1.29 is 18.3 Å². The fourth-order valence-electron chi connectivity index (χ4n) is 2.24. The average Bonchev–Trinajstić information content (AvgIpc) is 2.46. The molecule has 0 unspecified atom stereocenters. The van der Waals surface area contributed by atoms with Crippen molar-refractivity contribution >= 4 is 11.7 Å². The molecule has 23 heavy (non-hydrogen) atoms. The number of likely N-dealkylation sites (tertiary alicyclic amines) is 1. The summed E-state index contributed by atoms with van der Waals surface area (Å²) in [7, 11) is 0. The fourth-order valence-corrected chi connectivity index (χ4v) is 2.24. The van der Waals surface area contributed by atoms with Crippen LogP contribution in [0.1, 0.15) is 5.69 Å². The number of rotatable bonds is 3. The summed E-state index contributed by atoms with van der Waals surface area (Å²) in [5.41, 5.74) is 0.397. The zero-order valence-electron chi connectivity index (χ0n) is 12.4. The third-order valence-corrected chi connectivity index (χ3v) is 3.48. The molecule has 1 saturated heterocycles. The van der Waals surface area contributed by atoms with E-state index in [0.29, 0.717) is 19.0 Å². The van der Waals surface area contributed by atoms with E-state index in [1.54, 1.807) is 6.07 Å². The topological polar surface area (TPSA) is 54.5 Å². The van der Waals surface area contributed by atoms with Gasteiger partial charge in [0.1, 0.15) is 23.4 Å². The number of carbonyl (C=O) groups excluding carboxylic acids is 1. The number of amides is 2. The summed E-state index contributed by atoms with van der Waals surface area (Å²) in [6, 6.07) is 8.28. The summed E-state index contributed by atoms with van der Waals surface area (Å²) in [4.78, 5) is 17.6. The number of nitrogens with zero attached hydrogens (tertiary/aromatic N) is 2. The Morgan fingerprint density at radius 3 is 2.52 bits per heavy atom. The number of hydrogen-bond acceptors (Lipinski definition) is 3. The predicted octanol–water partition coefficient (Wildman–Crippen LogP) is 2.96. The van der Waals surface area contributed by atoms with E-state index in [-0.39, 0.29) is 6.10 Å². The first-order valence-corrected chi connectivity index (χ1v) is 7.13. The van der Waals surface area contributed by atoms with Gasteiger partial charge in [0, 0.05) is 11.8 Å². The van der Waals surface area contributed by atoms with Crippen molar-refractivity contribution in [3.63, 3.8) is 0 Å². The lowest BCUT2D eigenvalue weighted by Gasteiger charge is -2.38. The van der Waals surface area contributed by atoms with Gasteiger partial charge in [-0.25, -0.2) is 18.6 Å². The van der Waals surface area contributed by atoms with Gasteiger partial charge in [-0.15, -0.1) is 0 Å². The molecular formula is C16H15F2N3O2. The highest BCUT2D eigenvalue weighted by Gasteiger charge is 2.33. The van der Waals surface area contributed by atoms with Crippen LogP contribution < -0.4 is 10.1 Å². The first-order chi connectivity index (χ1) is 11.0. The molecule has 1 fully saturated rings. The number of nitrogens with one attached hydrogen (secondary N) is 1. The number of para-hydroxylation sites is 1. The normalized spacial score (nSPS) is 14.3. The third kappa shape index (κ3) is 3.39. The summed E-state index contributed by atoms with van der Waals surface area (Å²) in [6.45, 7) is 2.52. The van der Waals surface area contributed by atoms with Gasteiger partial charge < -0.3 is 15.0 Å². The van der Waals surface area contributed by atoms with Crippen molar-refractivity contribution in [1.29, 1.82) is 0 Å². The number of aromatic nitrogens is 1. The van der Waals surface area contributed by atoms with Crippen LogP contribution in [0.15, 0.2) is 36.4 Å². The smallest absolute Gasteiger partial charge is 0.322 e. The lowest BCUT2D eigenvalue weighted by molar-refractivity contribution is 0.0459. The first kappa shape index (κ1) is 15.2. The van der Waals surface area contributed by atoms with Crippen molar-refractivity contribution in [3.8, 4) is 5.88 Å². The molecule has 5 nitrogen and oxygen atoms in total. The number of carbonyl (C=O) groups is 1. The summed E-state index contributed by atoms with van der Waals surface area (Å²) in [6.07, 6.45) is -0.180. The Morgan fingerprint density at radius 2 is 1.87 bits per heavy atom. The van der Waals surface area contributed by atoms with Gasteiger partial charge in [0.05, 0.1) is 13.1 Å². The van der Waals surface area contributed by atoms with Crippen molar-refractivity contribution in [2.45, 2.75) is 13.0 Å². The number of benzene rings is 1. The van der Waals surface area contributed by atoms with E-state index in [4.69, 9.17) is 4.74 Å². The standard InChI is InChI=1S/C16H15F2N3O2/c1-10-4-2-7-14(19-10)23-11-8-21(9-11)16(22)20-15-12(17)5-3-6-13(15)18/h2-7,11H,8-9H2,1H3,(H,20,22). The molecule has 0 spiro atoms. The van der Waals surface area contributed by atoms with Gasteiger partial charge in [0.25, 0.3) is 0 Å². The molecule has 1 aromatic heterocycles. The van der Waals surface area contributed by atoms with Gasteiger partial charge in [0.15, 0.2) is 0 Å². The molecule has 7 heteroatoms. The van der Waals surface area contributed by atoms with E-state index in [0.717, 1.165) is 17.8 Å². The highest BCUT2D eigenvalue weighted by molar-refractivity contribution is 5.90. The summed E-state index contributed by atoms with van der Waals surface area (Å²) in [5, 5.41) is 2.24. The van der Waals surface area contributed by atoms with Crippen LogP contribution in [0, 0.1) is 18.6 Å². The molecule has 0 radical (unpaired) electrons. The molecule has 0 aliphatic carbocycles. The van der Waals surface area contributed by atoms with Crippen LogP contribution in [0.4, 0.5) is 19.3 Å². The molecule has 2 aromatic rings. The maximum Gasteiger partial charge on any atom is 0.322 e. The number of hydrogen-bond donors (Lipinski definition) is 1. The van der Waals surface area contributed by atoms with Crippen LogP contribution >= 0.6 is 0 Å². The Bertz CT molecular complexity index is 713. The highest BCUT2D eigenvalue weighted by Crippen LogP contribution is 2.21. The minimum absolute atomic E-state index is 0.180. The summed E-state index contributed by atoms with van der Waals surface area (Å²) >= 11 is 0. The number of ether oxygens (including phenoxy) is 1. The van der Waals surface area contributed by atoms with Crippen LogP contribution in [-0.2, 0) is 0 Å². The predicted molar refractivity (Wildman–Crippen MR) is 80.3 cm³/mol. The van der Waals surface area contributed by atoms with E-state index >= 15 is 0 Å². The quantitative estimate of drug-likeness (QED) is 0.946. The number of anilines is 1. The second-order valence-electron chi connectivity index (χ2n) is 5.29. The second kappa shape index (κ2) is 6.20. The maximum atomic E-state index is 13.5. The lowest BCUT2D eigenvalue weighted by Crippen LogP contribution is -2.57. The zero-order valence-corrected chi connectivity index (χ0v) is 12.4. The molecule has 1 aliphatic heterocycles. The molecule has 2 heterocycles. The second-order valence-corrected chi connectivity index (χ2v) is 5.29. The first-order valence-electron chi connectivity index (χ1n) is 7.13. The van der Waals surface area contributed by atoms with E-state index < -0.39 is 23.4 Å². The van der Waals surface area contributed by atoms with Gasteiger partial charge in [0.2, 0.25) is 5.88 Å². The van der Waals surface area contributed by atoms with E-state index in [9.17, 15) is 13.6 Å². The Kier molecular flexibility index (Phi) is 4.10. The van der Waals surface area contributed by atoms with Gasteiger partial charge in [-0.3, -0.25) is 0 Å². The minimum Gasteiger partial charge on any atom is -0.471 e. The van der Waals surface area contributed by atoms with Crippen LogP contribution in [0.5, 0.6) is 5.88 Å². The lowest BCUT2D eigenvalue weighted by atomic mass is 10.2. The Labute approximate surface area is 131 Å². The van der Waals surface area contributed by atoms with Crippen molar-refractivity contribution in [2.75, 3.05) is 18.4 Å². The van der Waals surface area contributed by atoms with Gasteiger partial charge in [-0.05, 0) is 25.1 Å². The fraction of sp³-hybridized carbons (Fsp3) is 0.250. The molecule has 2 amide bonds. The van der Waals surface area contributed by atoms with Crippen LogP contribution in [0.3, 0.4) is 0 Å². The van der Waals surface area contributed by atoms with E-state index in [1.807, 2.05) is 19.1 Å². The number of aryl methyl sites for hydroxylation is 1. The molecule has 3 rings (SSSR count). The molecule has 0 saturated carbocycles. The Hall–Kier alpha value is -2.70. The molecule has 0 bridgehead atoms. The minimum atomic E-state index is -0.810. The van der Waals surface area contributed by atoms with Gasteiger partial charge in [-0.2, -0.15) is 0 Å². The van der Waals surface area contributed by atoms with Crippen LogP contribution in [0.25, 0.3) is 0 Å². The molecule has 1 aliphatic rings. The van der Waals surface area contributed by atoms with Crippen molar-refractivity contribution in [1.82, 2.24) is 9.88 Å². The summed E-state index contributed by atoms with van der Waals surface area (Å²) < 4.78 is 32.6. The van der Waals surface area contributed by atoms with Crippen LogP contribution in [0.2, 0.25) is 0 Å². The largest absolute Gasteiger partial charge is 0.471 e. The molecular weight excluding hydrogens is 304 g/mol. The average molecular weight is 319 g/mol. The Morgan fingerprint density at radius 1 is 1.22 bits per heavy atom. The zero-order chi connectivity index (χ0) is 16.4. The highest BCUT2D eigenvalue weighted by atomic mass is 19.1. The van der Waals surface area contributed by atoms with Crippen LogP contribution in [-0.4, -0.2) is 35.1 Å². The number of pyridine rings is 1. The summed E-state index contributed by atoms with van der Waals surface area (Å²) in [5.74, 6) is -1.12. The molecule has 1 N–H and O–H groups in total. The van der Waals surface area contributed by atoms with Crippen molar-refractivity contribution in [3.05, 3.63) is 53.7 Å². The number of halogens is 2. The van der Waals surface area contributed by atoms with E-state index in [2.05, 4.69) is 10.3 Å². The third-order valence-electron chi connectivity index (χ3n) is 3.48. The van der Waals surface area contributed by atoms with Crippen molar-refractivity contribution in [2.24, 2.45) is 0 Å². The molecule has 120 valence electrons. The molecule has 1 aromatic carbocycles. The maximum absolute atomic E-state index is 13.5. The van der Waals surface area contributed by atoms with Gasteiger partial charge >= 0.3 is 6.03 Å². The Balaban J connectivity index is 1.54. The monoisotopic (exact) mass is 319 g/mol. The van der Waals surface area contributed by atoms with E-state index in [1.165, 1.54) is 11.0 Å². The number of urea groups is 1. The molecule has 0 atom stereocenters.